The lowest BCUT2D eigenvalue weighted by atomic mass is 10.1. The number of rotatable bonds is 5. The van der Waals surface area contributed by atoms with E-state index in [2.05, 4.69) is 5.32 Å². The van der Waals surface area contributed by atoms with Crippen LogP contribution in [0.2, 0.25) is 0 Å². The van der Waals surface area contributed by atoms with Crippen LogP contribution in [0, 0.1) is 10.1 Å². The van der Waals surface area contributed by atoms with E-state index >= 15 is 0 Å². The Morgan fingerprint density at radius 3 is 2.43 bits per heavy atom. The van der Waals surface area contributed by atoms with Gasteiger partial charge in [-0.3, -0.25) is 14.9 Å². The van der Waals surface area contributed by atoms with Crippen molar-refractivity contribution in [3.8, 4) is 0 Å². The molecule has 0 aliphatic carbocycles. The number of hydrogen-bond donors (Lipinski definition) is 1. The molecule has 0 saturated heterocycles. The smallest absolute Gasteiger partial charge is 0.282 e. The molecular formula is C16H16N2O3. The van der Waals surface area contributed by atoms with Crippen molar-refractivity contribution in [2.45, 2.75) is 19.4 Å². The molecule has 1 amide bonds. The average molecular weight is 284 g/mol. The zero-order valence-electron chi connectivity index (χ0n) is 11.7. The van der Waals surface area contributed by atoms with Crippen LogP contribution < -0.4 is 5.32 Å². The molecule has 21 heavy (non-hydrogen) atoms. The number of nitro benzene ring substituents is 1. The topological polar surface area (TPSA) is 72.2 Å². The zero-order valence-corrected chi connectivity index (χ0v) is 11.7. The maximum atomic E-state index is 12.2. The molecular weight excluding hydrogens is 268 g/mol. The number of nitrogens with zero attached hydrogens (tertiary/aromatic N) is 1. The molecule has 2 rings (SSSR count). The van der Waals surface area contributed by atoms with Crippen LogP contribution in [0.5, 0.6) is 0 Å². The molecule has 0 aliphatic rings. The molecule has 2 aromatic carbocycles. The van der Waals surface area contributed by atoms with E-state index in [1.807, 2.05) is 37.3 Å². The quantitative estimate of drug-likeness (QED) is 0.677. The van der Waals surface area contributed by atoms with Crippen molar-refractivity contribution in [1.82, 2.24) is 5.32 Å². The fourth-order valence-electron chi connectivity index (χ4n) is 2.15. The van der Waals surface area contributed by atoms with Gasteiger partial charge in [0, 0.05) is 12.1 Å². The molecule has 5 nitrogen and oxygen atoms in total. The molecule has 0 saturated carbocycles. The number of amides is 1. The lowest BCUT2D eigenvalue weighted by molar-refractivity contribution is -0.385. The molecule has 0 unspecified atom stereocenters. The maximum absolute atomic E-state index is 12.2. The monoisotopic (exact) mass is 284 g/mol. The van der Waals surface area contributed by atoms with Crippen LogP contribution in [-0.4, -0.2) is 16.9 Å². The molecule has 108 valence electrons. The summed E-state index contributed by atoms with van der Waals surface area (Å²) in [6.45, 7) is 1.87. The van der Waals surface area contributed by atoms with Crippen molar-refractivity contribution < 1.29 is 9.72 Å². The molecule has 1 atom stereocenters. The number of carbonyl (C=O) groups is 1. The third kappa shape index (κ3) is 3.89. The molecule has 2 aromatic rings. The summed E-state index contributed by atoms with van der Waals surface area (Å²) in [5.74, 6) is -0.425. The minimum absolute atomic E-state index is 0.0856. The number of nitrogens with one attached hydrogen (secondary N) is 1. The van der Waals surface area contributed by atoms with Crippen molar-refractivity contribution in [3.05, 3.63) is 75.8 Å². The molecule has 5 heteroatoms. The van der Waals surface area contributed by atoms with E-state index in [4.69, 9.17) is 0 Å². The van der Waals surface area contributed by atoms with Gasteiger partial charge in [-0.15, -0.1) is 0 Å². The second-order valence-electron chi connectivity index (χ2n) is 4.84. The van der Waals surface area contributed by atoms with Crippen LogP contribution >= 0.6 is 0 Å². The molecule has 0 aromatic heterocycles. The number of nitro groups is 1. The van der Waals surface area contributed by atoms with Crippen molar-refractivity contribution in [3.63, 3.8) is 0 Å². The van der Waals surface area contributed by atoms with E-state index in [0.717, 1.165) is 5.56 Å². The molecule has 1 N–H and O–H groups in total. The summed E-state index contributed by atoms with van der Waals surface area (Å²) in [6, 6.07) is 15.6. The van der Waals surface area contributed by atoms with Crippen LogP contribution in [0.3, 0.4) is 0 Å². The number of carbonyl (C=O) groups excluding carboxylic acids is 1. The van der Waals surface area contributed by atoms with Crippen molar-refractivity contribution in [1.29, 1.82) is 0 Å². The lowest BCUT2D eigenvalue weighted by Gasteiger charge is -2.14. The van der Waals surface area contributed by atoms with Gasteiger partial charge in [0.05, 0.1) is 4.92 Å². The summed E-state index contributed by atoms with van der Waals surface area (Å²) in [6.07, 6.45) is 0.674. The largest absolute Gasteiger partial charge is 0.349 e. The minimum Gasteiger partial charge on any atom is -0.349 e. The molecule has 0 fully saturated rings. The van der Waals surface area contributed by atoms with Gasteiger partial charge in [-0.1, -0.05) is 42.5 Å². The van der Waals surface area contributed by atoms with Gasteiger partial charge in [-0.05, 0) is 25.0 Å². The van der Waals surface area contributed by atoms with Gasteiger partial charge < -0.3 is 5.32 Å². The summed E-state index contributed by atoms with van der Waals surface area (Å²) in [5.41, 5.74) is 1.01. The Hall–Kier alpha value is -2.69. The van der Waals surface area contributed by atoms with Crippen LogP contribution in [-0.2, 0) is 6.42 Å². The Labute approximate surface area is 122 Å². The van der Waals surface area contributed by atoms with E-state index in [9.17, 15) is 14.9 Å². The fraction of sp³-hybridized carbons (Fsp3) is 0.188. The molecule has 0 radical (unpaired) electrons. The van der Waals surface area contributed by atoms with Crippen LogP contribution in [0.1, 0.15) is 22.8 Å². The van der Waals surface area contributed by atoms with E-state index in [0.29, 0.717) is 6.42 Å². The highest BCUT2D eigenvalue weighted by Gasteiger charge is 2.20. The highest BCUT2D eigenvalue weighted by Crippen LogP contribution is 2.17. The molecule has 0 heterocycles. The summed E-state index contributed by atoms with van der Waals surface area (Å²) < 4.78 is 0. The first-order valence-electron chi connectivity index (χ1n) is 6.66. The first-order chi connectivity index (χ1) is 10.1. The number of hydrogen-bond acceptors (Lipinski definition) is 3. The second kappa shape index (κ2) is 6.65. The minimum atomic E-state index is -0.545. The Morgan fingerprint density at radius 1 is 1.14 bits per heavy atom. The van der Waals surface area contributed by atoms with Gasteiger partial charge in [-0.2, -0.15) is 0 Å². The highest BCUT2D eigenvalue weighted by molar-refractivity contribution is 5.98. The van der Waals surface area contributed by atoms with Crippen molar-refractivity contribution in [2.24, 2.45) is 0 Å². The SMILES string of the molecule is C[C@H](Cc1ccccc1)NC(=O)c1ccccc1[N+](=O)[O-]. The summed E-state index contributed by atoms with van der Waals surface area (Å²) >= 11 is 0. The van der Waals surface area contributed by atoms with Gasteiger partial charge in [0.1, 0.15) is 5.56 Å². The van der Waals surface area contributed by atoms with Gasteiger partial charge in [-0.25, -0.2) is 0 Å². The number of benzene rings is 2. The maximum Gasteiger partial charge on any atom is 0.282 e. The summed E-state index contributed by atoms with van der Waals surface area (Å²) in [4.78, 5) is 22.5. The number of para-hydroxylation sites is 1. The highest BCUT2D eigenvalue weighted by atomic mass is 16.6. The van der Waals surface area contributed by atoms with Crippen molar-refractivity contribution >= 4 is 11.6 Å². The van der Waals surface area contributed by atoms with E-state index in [1.165, 1.54) is 12.1 Å². The summed E-state index contributed by atoms with van der Waals surface area (Å²) in [5, 5.41) is 13.7. The Morgan fingerprint density at radius 2 is 1.76 bits per heavy atom. The van der Waals surface area contributed by atoms with E-state index in [1.54, 1.807) is 12.1 Å². The average Bonchev–Trinajstić information content (AvgIpc) is 2.48. The van der Waals surface area contributed by atoms with E-state index < -0.39 is 10.8 Å². The molecule has 0 aliphatic heterocycles. The zero-order chi connectivity index (χ0) is 15.2. The normalized spacial score (nSPS) is 11.7. The van der Waals surface area contributed by atoms with Crippen LogP contribution in [0.4, 0.5) is 5.69 Å². The van der Waals surface area contributed by atoms with Gasteiger partial charge in [0.15, 0.2) is 0 Å². The summed E-state index contributed by atoms with van der Waals surface area (Å²) in [7, 11) is 0. The third-order valence-electron chi connectivity index (χ3n) is 3.11. The van der Waals surface area contributed by atoms with Gasteiger partial charge in [0.25, 0.3) is 11.6 Å². The lowest BCUT2D eigenvalue weighted by Crippen LogP contribution is -2.34. The standard InChI is InChI=1S/C16H16N2O3/c1-12(11-13-7-3-2-4-8-13)17-16(19)14-9-5-6-10-15(14)18(20)21/h2-10,12H,11H2,1H3,(H,17,19)/t12-/m1/s1. The predicted molar refractivity (Wildman–Crippen MR) is 80.2 cm³/mol. The Balaban J connectivity index is 2.06. The van der Waals surface area contributed by atoms with Gasteiger partial charge in [0.2, 0.25) is 0 Å². The van der Waals surface area contributed by atoms with Crippen LogP contribution in [0.25, 0.3) is 0 Å². The van der Waals surface area contributed by atoms with E-state index in [-0.39, 0.29) is 17.3 Å². The fourth-order valence-corrected chi connectivity index (χ4v) is 2.15. The first-order valence-corrected chi connectivity index (χ1v) is 6.66. The molecule has 0 bridgehead atoms. The second-order valence-corrected chi connectivity index (χ2v) is 4.84. The third-order valence-corrected chi connectivity index (χ3v) is 3.11. The predicted octanol–water partition coefficient (Wildman–Crippen LogP) is 2.96. The van der Waals surface area contributed by atoms with Crippen molar-refractivity contribution in [2.75, 3.05) is 0 Å². The Bertz CT molecular complexity index is 641. The van der Waals surface area contributed by atoms with Gasteiger partial charge >= 0.3 is 0 Å². The Kier molecular flexibility index (Phi) is 4.66. The first kappa shape index (κ1) is 14.7. The molecule has 0 spiro atoms. The van der Waals surface area contributed by atoms with Crippen LogP contribution in [0.15, 0.2) is 54.6 Å².